The van der Waals surface area contributed by atoms with E-state index < -0.39 is 17.7 Å². The molecule has 2 aliphatic rings. The maximum Gasteiger partial charge on any atom is 0.295 e. The number of aliphatic hydroxyl groups is 1. The molecule has 204 valence electrons. The van der Waals surface area contributed by atoms with Crippen LogP contribution in [0, 0.1) is 0 Å². The number of amides is 1. The topological polar surface area (TPSA) is 94.5 Å². The third-order valence-corrected chi connectivity index (χ3v) is 7.16. The predicted molar refractivity (Wildman–Crippen MR) is 144 cm³/mol. The number of aryl methyl sites for hydroxylation is 2. The summed E-state index contributed by atoms with van der Waals surface area (Å²) in [4.78, 5) is 28.3. The molecule has 2 aromatic rings. The van der Waals surface area contributed by atoms with Crippen LogP contribution >= 0.6 is 0 Å². The zero-order chi connectivity index (χ0) is 27.4. The Morgan fingerprint density at radius 1 is 0.974 bits per heavy atom. The largest absolute Gasteiger partial charge is 0.507 e. The summed E-state index contributed by atoms with van der Waals surface area (Å²) in [6.45, 7) is 4.61. The van der Waals surface area contributed by atoms with E-state index in [-0.39, 0.29) is 24.0 Å². The number of methoxy groups -OCH3 is 3. The first-order valence-electron chi connectivity index (χ1n) is 13.1. The van der Waals surface area contributed by atoms with Gasteiger partial charge in [-0.2, -0.15) is 0 Å². The van der Waals surface area contributed by atoms with E-state index in [1.54, 1.807) is 12.1 Å². The number of likely N-dealkylation sites (tertiary alicyclic amines) is 1. The van der Waals surface area contributed by atoms with E-state index in [1.807, 2.05) is 32.0 Å². The Labute approximate surface area is 224 Å². The number of carbonyl (C=O) groups is 2. The highest BCUT2D eigenvalue weighted by atomic mass is 16.5. The number of ether oxygens (including phenoxy) is 4. The number of hydrogen-bond acceptors (Lipinski definition) is 7. The van der Waals surface area contributed by atoms with E-state index in [9.17, 15) is 14.7 Å². The maximum absolute atomic E-state index is 13.4. The summed E-state index contributed by atoms with van der Waals surface area (Å²) in [5, 5.41) is 11.5. The lowest BCUT2D eigenvalue weighted by Crippen LogP contribution is -2.31. The Morgan fingerprint density at radius 3 is 2.24 bits per heavy atom. The van der Waals surface area contributed by atoms with Crippen LogP contribution < -0.4 is 14.2 Å². The molecule has 0 radical (unpaired) electrons. The van der Waals surface area contributed by atoms with E-state index in [4.69, 9.17) is 18.9 Å². The number of Topliss-reactive ketones (excluding diaryl/α,β-unsaturated/α-hetero) is 1. The lowest BCUT2D eigenvalue weighted by Gasteiger charge is -2.27. The van der Waals surface area contributed by atoms with Gasteiger partial charge in [0.05, 0.1) is 39.0 Å². The van der Waals surface area contributed by atoms with Crippen LogP contribution in [0.2, 0.25) is 0 Å². The molecule has 1 aliphatic heterocycles. The second kappa shape index (κ2) is 11.9. The Balaban J connectivity index is 1.84. The number of fused-ring (bicyclic) bond motifs is 1. The molecule has 1 atom stereocenters. The molecule has 2 aromatic carbocycles. The number of nitrogens with zero attached hydrogens (tertiary/aromatic N) is 1. The van der Waals surface area contributed by atoms with Crippen molar-refractivity contribution in [3.05, 3.63) is 58.2 Å². The Hall–Kier alpha value is -3.52. The lowest BCUT2D eigenvalue weighted by molar-refractivity contribution is -0.140. The molecule has 1 heterocycles. The van der Waals surface area contributed by atoms with Crippen molar-refractivity contribution in [3.8, 4) is 17.2 Å². The third-order valence-electron chi connectivity index (χ3n) is 7.16. The molecule has 1 saturated heterocycles. The third kappa shape index (κ3) is 5.36. The fraction of sp³-hybridized carbons (Fsp3) is 0.467. The van der Waals surface area contributed by atoms with Crippen molar-refractivity contribution in [2.75, 3.05) is 34.5 Å². The first-order chi connectivity index (χ1) is 18.3. The molecule has 1 unspecified atom stereocenters. The van der Waals surface area contributed by atoms with Crippen LogP contribution in [0.4, 0.5) is 0 Å². The van der Waals surface area contributed by atoms with Gasteiger partial charge >= 0.3 is 0 Å². The number of rotatable bonds is 10. The minimum atomic E-state index is -0.834. The van der Waals surface area contributed by atoms with Gasteiger partial charge in [0.25, 0.3) is 11.7 Å². The Bertz CT molecular complexity index is 1210. The van der Waals surface area contributed by atoms with Crippen molar-refractivity contribution in [1.29, 1.82) is 0 Å². The van der Waals surface area contributed by atoms with Crippen LogP contribution in [0.3, 0.4) is 0 Å². The monoisotopic (exact) mass is 523 g/mol. The van der Waals surface area contributed by atoms with Crippen LogP contribution in [0.1, 0.15) is 61.4 Å². The molecule has 8 heteroatoms. The van der Waals surface area contributed by atoms with Crippen LogP contribution in [0.25, 0.3) is 5.76 Å². The van der Waals surface area contributed by atoms with Gasteiger partial charge in [-0.05, 0) is 80.8 Å². The summed E-state index contributed by atoms with van der Waals surface area (Å²) < 4.78 is 22.2. The van der Waals surface area contributed by atoms with Crippen LogP contribution in [-0.2, 0) is 27.2 Å². The molecule has 1 fully saturated rings. The summed E-state index contributed by atoms with van der Waals surface area (Å²) in [7, 11) is 4.53. The van der Waals surface area contributed by atoms with E-state index in [2.05, 4.69) is 0 Å². The molecule has 1 N–H and O–H groups in total. The molecule has 8 nitrogen and oxygen atoms in total. The quantitative estimate of drug-likeness (QED) is 0.206. The maximum atomic E-state index is 13.4. The second-order valence-corrected chi connectivity index (χ2v) is 9.91. The minimum absolute atomic E-state index is 0.0461. The highest BCUT2D eigenvalue weighted by molar-refractivity contribution is 6.46. The van der Waals surface area contributed by atoms with Gasteiger partial charge in [-0.1, -0.05) is 12.1 Å². The van der Waals surface area contributed by atoms with Gasteiger partial charge in [0, 0.05) is 18.7 Å². The van der Waals surface area contributed by atoms with Gasteiger partial charge in [-0.15, -0.1) is 0 Å². The molecular weight excluding hydrogens is 486 g/mol. The first kappa shape index (κ1) is 27.5. The molecule has 1 aliphatic carbocycles. The fourth-order valence-corrected chi connectivity index (χ4v) is 5.31. The van der Waals surface area contributed by atoms with Gasteiger partial charge < -0.3 is 29.0 Å². The molecule has 4 rings (SSSR count). The molecule has 0 aromatic heterocycles. The van der Waals surface area contributed by atoms with Crippen molar-refractivity contribution < 1.29 is 33.6 Å². The average molecular weight is 524 g/mol. The summed E-state index contributed by atoms with van der Waals surface area (Å²) in [5.74, 6) is -0.377. The zero-order valence-electron chi connectivity index (χ0n) is 22.8. The van der Waals surface area contributed by atoms with Gasteiger partial charge in [0.15, 0.2) is 11.5 Å². The summed E-state index contributed by atoms with van der Waals surface area (Å²) in [6, 6.07) is 8.39. The van der Waals surface area contributed by atoms with E-state index in [1.165, 1.54) is 37.4 Å². The molecule has 0 spiro atoms. The molecular formula is C30H37NO7. The highest BCUT2D eigenvalue weighted by Gasteiger charge is 2.46. The highest BCUT2D eigenvalue weighted by Crippen LogP contribution is 2.46. The standard InChI is InChI=1S/C30H37NO7/c1-18(2)38-14-8-13-31-26(22-16-23(35-3)29(37-5)24(17-22)36-4)25(28(33)30(31)34)27(32)21-12-11-19-9-6-7-10-20(19)15-21/h11-12,15-18,26,32H,6-10,13-14H2,1-5H3/b27-25+. The number of benzene rings is 2. The number of ketones is 1. The van der Waals surface area contributed by atoms with Crippen molar-refractivity contribution in [2.24, 2.45) is 0 Å². The molecule has 38 heavy (non-hydrogen) atoms. The average Bonchev–Trinajstić information content (AvgIpc) is 3.18. The number of carbonyl (C=O) groups excluding carboxylic acids is 2. The number of hydrogen-bond donors (Lipinski definition) is 1. The van der Waals surface area contributed by atoms with E-state index in [0.717, 1.165) is 25.7 Å². The van der Waals surface area contributed by atoms with Gasteiger partial charge in [-0.25, -0.2) is 0 Å². The summed E-state index contributed by atoms with van der Waals surface area (Å²) in [6.07, 6.45) is 4.75. The fourth-order valence-electron chi connectivity index (χ4n) is 5.31. The SMILES string of the molecule is COc1cc(C2/C(=C(\O)c3ccc4c(c3)CCCC4)C(=O)C(=O)N2CCCOC(C)C)cc(OC)c1OC. The van der Waals surface area contributed by atoms with Crippen molar-refractivity contribution in [3.63, 3.8) is 0 Å². The molecule has 0 saturated carbocycles. The zero-order valence-corrected chi connectivity index (χ0v) is 22.8. The van der Waals surface area contributed by atoms with Crippen LogP contribution in [-0.4, -0.2) is 62.3 Å². The van der Waals surface area contributed by atoms with Crippen molar-refractivity contribution >= 4 is 17.4 Å². The molecule has 1 amide bonds. The second-order valence-electron chi connectivity index (χ2n) is 9.91. The summed E-state index contributed by atoms with van der Waals surface area (Å²) >= 11 is 0. The van der Waals surface area contributed by atoms with Crippen molar-refractivity contribution in [2.45, 2.75) is 58.1 Å². The lowest BCUT2D eigenvalue weighted by atomic mass is 9.88. The van der Waals surface area contributed by atoms with Crippen LogP contribution in [0.15, 0.2) is 35.9 Å². The minimum Gasteiger partial charge on any atom is -0.507 e. The predicted octanol–water partition coefficient (Wildman–Crippen LogP) is 4.83. The summed E-state index contributed by atoms with van der Waals surface area (Å²) in [5.41, 5.74) is 3.58. The smallest absolute Gasteiger partial charge is 0.295 e. The van der Waals surface area contributed by atoms with E-state index >= 15 is 0 Å². The van der Waals surface area contributed by atoms with Crippen molar-refractivity contribution in [1.82, 2.24) is 4.90 Å². The van der Waals surface area contributed by atoms with Gasteiger partial charge in [0.1, 0.15) is 5.76 Å². The Kier molecular flexibility index (Phi) is 8.62. The van der Waals surface area contributed by atoms with Gasteiger partial charge in [-0.3, -0.25) is 9.59 Å². The van der Waals surface area contributed by atoms with E-state index in [0.29, 0.717) is 41.4 Å². The Morgan fingerprint density at radius 2 is 1.63 bits per heavy atom. The first-order valence-corrected chi connectivity index (χ1v) is 13.1. The van der Waals surface area contributed by atoms with Crippen LogP contribution in [0.5, 0.6) is 17.2 Å². The van der Waals surface area contributed by atoms with Gasteiger partial charge in [0.2, 0.25) is 5.75 Å². The normalized spacial score (nSPS) is 18.6. The molecule has 0 bridgehead atoms. The number of aliphatic hydroxyl groups excluding tert-OH is 1.